The number of methoxy groups -OCH3 is 1. The van der Waals surface area contributed by atoms with Crippen molar-refractivity contribution in [1.82, 2.24) is 0 Å². The molecule has 0 atom stereocenters. The van der Waals surface area contributed by atoms with E-state index in [0.717, 1.165) is 4.31 Å². The fourth-order valence-electron chi connectivity index (χ4n) is 1.78. The summed E-state index contributed by atoms with van der Waals surface area (Å²) >= 11 is 0. The van der Waals surface area contributed by atoms with Gasteiger partial charge >= 0.3 is 5.97 Å². The lowest BCUT2D eigenvalue weighted by Gasteiger charge is -2.22. The molecule has 0 saturated heterocycles. The Morgan fingerprint density at radius 2 is 2.10 bits per heavy atom. The van der Waals surface area contributed by atoms with Gasteiger partial charge in [-0.05, 0) is 31.5 Å². The van der Waals surface area contributed by atoms with Crippen molar-refractivity contribution in [2.75, 3.05) is 23.7 Å². The van der Waals surface area contributed by atoms with Gasteiger partial charge in [0.2, 0.25) is 10.0 Å². The van der Waals surface area contributed by atoms with Crippen molar-refractivity contribution in [2.45, 2.75) is 19.8 Å². The van der Waals surface area contributed by atoms with Crippen LogP contribution in [0.15, 0.2) is 24.3 Å². The summed E-state index contributed by atoms with van der Waals surface area (Å²) in [5.74, 6) is -1.13. The lowest BCUT2D eigenvalue weighted by Crippen LogP contribution is -2.33. The van der Waals surface area contributed by atoms with E-state index in [9.17, 15) is 17.6 Å². The molecule has 1 rings (SSSR count). The molecule has 0 unspecified atom stereocenters. The molecule has 0 radical (unpaired) electrons. The quantitative estimate of drug-likeness (QED) is 0.722. The van der Waals surface area contributed by atoms with Crippen molar-refractivity contribution in [3.8, 4) is 0 Å². The van der Waals surface area contributed by atoms with Crippen molar-refractivity contribution < 1.29 is 22.3 Å². The lowest BCUT2D eigenvalue weighted by molar-refractivity contribution is -0.140. The van der Waals surface area contributed by atoms with Crippen LogP contribution in [0.4, 0.5) is 10.1 Å². The third-order valence-corrected chi connectivity index (χ3v) is 4.68. The standard InChI is InChI=1S/C13H18FNO4S/c1-3-15(12-7-4-6-11(14)10-12)20(17,18)9-5-8-13(16)19-2/h4,6-7,10H,3,5,8-9H2,1-2H3. The molecule has 0 amide bonds. The minimum atomic E-state index is -3.59. The number of halogens is 1. The molecule has 1 aromatic carbocycles. The average molecular weight is 303 g/mol. The summed E-state index contributed by atoms with van der Waals surface area (Å²) in [6.45, 7) is 1.87. The summed E-state index contributed by atoms with van der Waals surface area (Å²) < 4.78 is 43.1. The zero-order valence-corrected chi connectivity index (χ0v) is 12.3. The highest BCUT2D eigenvalue weighted by Crippen LogP contribution is 2.19. The number of ether oxygens (including phenoxy) is 1. The zero-order valence-electron chi connectivity index (χ0n) is 11.5. The molecule has 5 nitrogen and oxygen atoms in total. The topological polar surface area (TPSA) is 63.7 Å². The first-order valence-electron chi connectivity index (χ1n) is 6.23. The third-order valence-electron chi connectivity index (χ3n) is 2.73. The Morgan fingerprint density at radius 1 is 1.40 bits per heavy atom. The van der Waals surface area contributed by atoms with Crippen LogP contribution in [0.25, 0.3) is 0 Å². The normalized spacial score (nSPS) is 11.2. The van der Waals surface area contributed by atoms with E-state index in [0.29, 0.717) is 0 Å². The van der Waals surface area contributed by atoms with E-state index < -0.39 is 21.8 Å². The molecule has 112 valence electrons. The van der Waals surface area contributed by atoms with Crippen LogP contribution in [-0.2, 0) is 19.6 Å². The molecule has 0 aliphatic rings. The molecule has 0 heterocycles. The molecule has 0 aliphatic carbocycles. The van der Waals surface area contributed by atoms with E-state index >= 15 is 0 Å². The number of rotatable bonds is 7. The Morgan fingerprint density at radius 3 is 2.65 bits per heavy atom. The first kappa shape index (κ1) is 16.4. The first-order chi connectivity index (χ1) is 9.40. The Labute approximate surface area is 118 Å². The molecule has 0 aromatic heterocycles. The van der Waals surface area contributed by atoms with Crippen LogP contribution in [0.2, 0.25) is 0 Å². The van der Waals surface area contributed by atoms with Gasteiger partial charge in [-0.25, -0.2) is 12.8 Å². The summed E-state index contributed by atoms with van der Waals surface area (Å²) in [7, 11) is -2.34. The summed E-state index contributed by atoms with van der Waals surface area (Å²) in [6, 6.07) is 5.41. The Hall–Kier alpha value is -1.63. The second-order valence-electron chi connectivity index (χ2n) is 4.14. The number of nitrogens with zero attached hydrogens (tertiary/aromatic N) is 1. The number of carbonyl (C=O) groups excluding carboxylic acids is 1. The Kier molecular flexibility index (Phi) is 5.94. The van der Waals surface area contributed by atoms with Crippen molar-refractivity contribution in [3.63, 3.8) is 0 Å². The van der Waals surface area contributed by atoms with E-state index in [1.165, 1.54) is 31.4 Å². The summed E-state index contributed by atoms with van der Waals surface area (Å²) in [4.78, 5) is 11.0. The van der Waals surface area contributed by atoms with E-state index in [1.54, 1.807) is 6.92 Å². The van der Waals surface area contributed by atoms with Gasteiger partial charge < -0.3 is 4.74 Å². The lowest BCUT2D eigenvalue weighted by atomic mass is 10.3. The molecule has 1 aromatic rings. The Bertz CT molecular complexity index is 559. The van der Waals surface area contributed by atoms with Gasteiger partial charge in [-0.2, -0.15) is 0 Å². The maximum atomic E-state index is 13.2. The van der Waals surface area contributed by atoms with Crippen LogP contribution < -0.4 is 4.31 Å². The minimum absolute atomic E-state index is 0.0381. The summed E-state index contributed by atoms with van der Waals surface area (Å²) in [5, 5.41) is 0. The van der Waals surface area contributed by atoms with Gasteiger partial charge in [0.25, 0.3) is 0 Å². The van der Waals surface area contributed by atoms with E-state index in [4.69, 9.17) is 0 Å². The summed E-state index contributed by atoms with van der Waals surface area (Å²) in [6.07, 6.45) is 0.206. The number of esters is 1. The predicted molar refractivity (Wildman–Crippen MR) is 74.5 cm³/mol. The molecular formula is C13H18FNO4S. The molecular weight excluding hydrogens is 285 g/mol. The Balaban J connectivity index is 2.80. The monoisotopic (exact) mass is 303 g/mol. The molecule has 0 saturated carbocycles. The fraction of sp³-hybridized carbons (Fsp3) is 0.462. The smallest absolute Gasteiger partial charge is 0.305 e. The highest BCUT2D eigenvalue weighted by molar-refractivity contribution is 7.92. The van der Waals surface area contributed by atoms with Crippen LogP contribution in [0.5, 0.6) is 0 Å². The van der Waals surface area contributed by atoms with Crippen molar-refractivity contribution in [2.24, 2.45) is 0 Å². The highest BCUT2D eigenvalue weighted by atomic mass is 32.2. The number of carbonyl (C=O) groups is 1. The van der Waals surface area contributed by atoms with Gasteiger partial charge in [0, 0.05) is 13.0 Å². The van der Waals surface area contributed by atoms with Gasteiger partial charge in [0.15, 0.2) is 0 Å². The SMILES string of the molecule is CCN(c1cccc(F)c1)S(=O)(=O)CCCC(=O)OC. The van der Waals surface area contributed by atoms with Gasteiger partial charge in [-0.15, -0.1) is 0 Å². The average Bonchev–Trinajstić information content (AvgIpc) is 2.38. The maximum absolute atomic E-state index is 13.2. The van der Waals surface area contributed by atoms with Crippen LogP contribution in [0, 0.1) is 5.82 Å². The third kappa shape index (κ3) is 4.48. The second-order valence-corrected chi connectivity index (χ2v) is 6.15. The van der Waals surface area contributed by atoms with Gasteiger partial charge in [-0.1, -0.05) is 6.07 Å². The molecule has 20 heavy (non-hydrogen) atoms. The minimum Gasteiger partial charge on any atom is -0.469 e. The molecule has 7 heteroatoms. The van der Waals surface area contributed by atoms with Crippen LogP contribution in [-0.4, -0.2) is 33.8 Å². The number of hydrogen-bond acceptors (Lipinski definition) is 4. The van der Waals surface area contributed by atoms with E-state index in [2.05, 4.69) is 4.74 Å². The van der Waals surface area contributed by atoms with Gasteiger partial charge in [0.1, 0.15) is 5.82 Å². The van der Waals surface area contributed by atoms with Crippen LogP contribution in [0.3, 0.4) is 0 Å². The van der Waals surface area contributed by atoms with Crippen LogP contribution in [0.1, 0.15) is 19.8 Å². The molecule has 0 N–H and O–H groups in total. The largest absolute Gasteiger partial charge is 0.469 e. The number of sulfonamides is 1. The number of hydrogen-bond donors (Lipinski definition) is 0. The maximum Gasteiger partial charge on any atom is 0.305 e. The predicted octanol–water partition coefficient (Wildman–Crippen LogP) is 1.93. The zero-order chi connectivity index (χ0) is 15.2. The second kappa shape index (κ2) is 7.23. The number of anilines is 1. The molecule has 0 bridgehead atoms. The highest BCUT2D eigenvalue weighted by Gasteiger charge is 2.21. The number of benzene rings is 1. The van der Waals surface area contributed by atoms with Crippen molar-refractivity contribution >= 4 is 21.7 Å². The molecule has 0 spiro atoms. The first-order valence-corrected chi connectivity index (χ1v) is 7.84. The van der Waals surface area contributed by atoms with E-state index in [-0.39, 0.29) is 30.8 Å². The molecule has 0 fully saturated rings. The van der Waals surface area contributed by atoms with Gasteiger partial charge in [-0.3, -0.25) is 9.10 Å². The molecule has 0 aliphatic heterocycles. The summed E-state index contributed by atoms with van der Waals surface area (Å²) in [5.41, 5.74) is 0.283. The van der Waals surface area contributed by atoms with Crippen molar-refractivity contribution in [1.29, 1.82) is 0 Å². The van der Waals surface area contributed by atoms with Gasteiger partial charge in [0.05, 0.1) is 18.6 Å². The van der Waals surface area contributed by atoms with Crippen molar-refractivity contribution in [3.05, 3.63) is 30.1 Å². The fourth-order valence-corrected chi connectivity index (χ4v) is 3.34. The van der Waals surface area contributed by atoms with Crippen LogP contribution >= 0.6 is 0 Å². The van der Waals surface area contributed by atoms with E-state index in [1.807, 2.05) is 0 Å².